The highest BCUT2D eigenvalue weighted by molar-refractivity contribution is 6.17. The van der Waals surface area contributed by atoms with E-state index in [1.54, 1.807) is 6.07 Å². The third-order valence-corrected chi connectivity index (χ3v) is 4.20. The van der Waals surface area contributed by atoms with Gasteiger partial charge in [-0.1, -0.05) is 24.3 Å². The Morgan fingerprint density at radius 3 is 2.33 bits per heavy atom. The van der Waals surface area contributed by atoms with Crippen molar-refractivity contribution in [1.29, 1.82) is 0 Å². The second-order valence-electron chi connectivity index (χ2n) is 5.40. The van der Waals surface area contributed by atoms with Crippen LogP contribution in [0, 0.1) is 5.82 Å². The molecule has 5 aromatic rings. The van der Waals surface area contributed by atoms with Crippen molar-refractivity contribution in [3.05, 3.63) is 60.4 Å². The molecule has 3 aromatic carbocycles. The van der Waals surface area contributed by atoms with E-state index in [0.29, 0.717) is 5.39 Å². The first kappa shape index (κ1) is 10.9. The molecular formula is C18H11FN2. The molecule has 3 heteroatoms. The Morgan fingerprint density at radius 2 is 1.38 bits per heavy atom. The summed E-state index contributed by atoms with van der Waals surface area (Å²) >= 11 is 0. The molecule has 2 nitrogen and oxygen atoms in total. The van der Waals surface area contributed by atoms with E-state index in [1.165, 1.54) is 11.5 Å². The highest BCUT2D eigenvalue weighted by Crippen LogP contribution is 2.33. The van der Waals surface area contributed by atoms with Crippen LogP contribution in [-0.4, -0.2) is 9.97 Å². The largest absolute Gasteiger partial charge is 0.354 e. The summed E-state index contributed by atoms with van der Waals surface area (Å²) in [7, 11) is 0. The fourth-order valence-electron chi connectivity index (χ4n) is 3.26. The van der Waals surface area contributed by atoms with Crippen LogP contribution in [0.25, 0.3) is 43.6 Å². The maximum atomic E-state index is 14.2. The van der Waals surface area contributed by atoms with Gasteiger partial charge in [0.1, 0.15) is 5.82 Å². The van der Waals surface area contributed by atoms with Crippen molar-refractivity contribution in [3.63, 3.8) is 0 Å². The first-order valence-electron chi connectivity index (χ1n) is 6.92. The summed E-state index contributed by atoms with van der Waals surface area (Å²) in [5.41, 5.74) is 3.96. The molecule has 0 saturated heterocycles. The lowest BCUT2D eigenvalue weighted by atomic mass is 10.1. The molecule has 0 aliphatic heterocycles. The molecule has 5 rings (SSSR count). The van der Waals surface area contributed by atoms with Gasteiger partial charge in [-0.05, 0) is 30.3 Å². The normalized spacial score (nSPS) is 12.0. The molecule has 2 heterocycles. The minimum absolute atomic E-state index is 0.182. The molecule has 0 spiro atoms. The minimum atomic E-state index is -0.182. The molecule has 0 bridgehead atoms. The Bertz CT molecular complexity index is 1150. The molecule has 100 valence electrons. The fourth-order valence-corrected chi connectivity index (χ4v) is 3.26. The first-order chi connectivity index (χ1) is 10.3. The number of aromatic amines is 2. The number of rotatable bonds is 0. The van der Waals surface area contributed by atoms with Gasteiger partial charge in [-0.2, -0.15) is 0 Å². The van der Waals surface area contributed by atoms with Crippen LogP contribution in [0.5, 0.6) is 0 Å². The molecule has 2 aromatic heterocycles. The van der Waals surface area contributed by atoms with Gasteiger partial charge >= 0.3 is 0 Å². The van der Waals surface area contributed by atoms with Gasteiger partial charge in [-0.3, -0.25) is 0 Å². The number of fused-ring (bicyclic) bond motifs is 6. The van der Waals surface area contributed by atoms with Crippen molar-refractivity contribution in [3.8, 4) is 0 Å². The molecule has 0 saturated carbocycles. The summed E-state index contributed by atoms with van der Waals surface area (Å²) in [6.45, 7) is 0. The maximum absolute atomic E-state index is 14.2. The van der Waals surface area contributed by atoms with Gasteiger partial charge in [-0.15, -0.1) is 0 Å². The number of hydrogen-bond acceptors (Lipinski definition) is 0. The van der Waals surface area contributed by atoms with Crippen molar-refractivity contribution in [1.82, 2.24) is 9.97 Å². The first-order valence-corrected chi connectivity index (χ1v) is 6.92. The SMILES string of the molecule is Fc1cccc2[nH]c3cc4[nH]c5ccccc5c4cc3c12. The van der Waals surface area contributed by atoms with Gasteiger partial charge in [0.05, 0.1) is 0 Å². The lowest BCUT2D eigenvalue weighted by Crippen LogP contribution is -1.74. The highest BCUT2D eigenvalue weighted by atomic mass is 19.1. The van der Waals surface area contributed by atoms with Gasteiger partial charge in [0.25, 0.3) is 0 Å². The van der Waals surface area contributed by atoms with Crippen LogP contribution in [0.4, 0.5) is 4.39 Å². The molecule has 2 N–H and O–H groups in total. The number of H-pyrrole nitrogens is 2. The zero-order chi connectivity index (χ0) is 14.0. The third kappa shape index (κ3) is 1.35. The van der Waals surface area contributed by atoms with Crippen LogP contribution >= 0.6 is 0 Å². The van der Waals surface area contributed by atoms with Crippen molar-refractivity contribution in [2.45, 2.75) is 0 Å². The van der Waals surface area contributed by atoms with Crippen molar-refractivity contribution in [2.75, 3.05) is 0 Å². The number of halogens is 1. The van der Waals surface area contributed by atoms with E-state index in [1.807, 2.05) is 18.2 Å². The van der Waals surface area contributed by atoms with Gasteiger partial charge in [0.15, 0.2) is 0 Å². The number of para-hydroxylation sites is 1. The molecule has 0 aliphatic rings. The monoisotopic (exact) mass is 274 g/mol. The smallest absolute Gasteiger partial charge is 0.133 e. The summed E-state index contributed by atoms with van der Waals surface area (Å²) in [4.78, 5) is 6.71. The van der Waals surface area contributed by atoms with Crippen LogP contribution < -0.4 is 0 Å². The number of aromatic nitrogens is 2. The van der Waals surface area contributed by atoms with E-state index < -0.39 is 0 Å². The van der Waals surface area contributed by atoms with E-state index in [4.69, 9.17) is 0 Å². The predicted octanol–water partition coefficient (Wildman–Crippen LogP) is 5.09. The van der Waals surface area contributed by atoms with Gasteiger partial charge in [0.2, 0.25) is 0 Å². The number of benzene rings is 3. The quantitative estimate of drug-likeness (QED) is 0.394. The van der Waals surface area contributed by atoms with Crippen molar-refractivity contribution >= 4 is 43.6 Å². The van der Waals surface area contributed by atoms with E-state index in [2.05, 4.69) is 34.2 Å². The summed E-state index contributed by atoms with van der Waals surface area (Å²) in [6, 6.07) is 17.5. The zero-order valence-electron chi connectivity index (χ0n) is 11.1. The Morgan fingerprint density at radius 1 is 0.619 bits per heavy atom. The lowest BCUT2D eigenvalue weighted by molar-refractivity contribution is 0.640. The van der Waals surface area contributed by atoms with E-state index in [0.717, 1.165) is 32.8 Å². The average molecular weight is 274 g/mol. The van der Waals surface area contributed by atoms with Gasteiger partial charge in [-0.25, -0.2) is 4.39 Å². The second-order valence-corrected chi connectivity index (χ2v) is 5.40. The average Bonchev–Trinajstić information content (AvgIpc) is 3.02. The van der Waals surface area contributed by atoms with Crippen LogP contribution in [0.2, 0.25) is 0 Å². The fraction of sp³-hybridized carbons (Fsp3) is 0. The topological polar surface area (TPSA) is 31.6 Å². The molecule has 0 fully saturated rings. The van der Waals surface area contributed by atoms with E-state index >= 15 is 0 Å². The maximum Gasteiger partial charge on any atom is 0.133 e. The summed E-state index contributed by atoms with van der Waals surface area (Å²) < 4.78 is 14.2. The number of nitrogens with one attached hydrogen (secondary N) is 2. The molecule has 0 amide bonds. The van der Waals surface area contributed by atoms with E-state index in [9.17, 15) is 4.39 Å². The van der Waals surface area contributed by atoms with Crippen LogP contribution in [0.15, 0.2) is 54.6 Å². The lowest BCUT2D eigenvalue weighted by Gasteiger charge is -1.95. The zero-order valence-corrected chi connectivity index (χ0v) is 11.1. The Hall–Kier alpha value is -2.81. The Kier molecular flexibility index (Phi) is 1.89. The molecule has 0 aliphatic carbocycles. The van der Waals surface area contributed by atoms with Crippen molar-refractivity contribution in [2.24, 2.45) is 0 Å². The predicted molar refractivity (Wildman–Crippen MR) is 85.1 cm³/mol. The third-order valence-electron chi connectivity index (χ3n) is 4.20. The standard InChI is InChI=1S/C18H11FN2/c19-13-5-3-7-15-18(13)12-8-11-10-4-1-2-6-14(10)20-16(11)9-17(12)21-15/h1-9,20-21H. The molecule has 21 heavy (non-hydrogen) atoms. The van der Waals surface area contributed by atoms with Gasteiger partial charge < -0.3 is 9.97 Å². The minimum Gasteiger partial charge on any atom is -0.354 e. The molecule has 0 radical (unpaired) electrons. The highest BCUT2D eigenvalue weighted by Gasteiger charge is 2.11. The summed E-state index contributed by atoms with van der Waals surface area (Å²) in [5.74, 6) is -0.182. The number of hydrogen-bond donors (Lipinski definition) is 2. The summed E-state index contributed by atoms with van der Waals surface area (Å²) in [6.07, 6.45) is 0. The molecule has 0 atom stereocenters. The molecular weight excluding hydrogens is 263 g/mol. The van der Waals surface area contributed by atoms with Crippen molar-refractivity contribution < 1.29 is 4.39 Å². The van der Waals surface area contributed by atoms with Crippen LogP contribution in [-0.2, 0) is 0 Å². The molecule has 0 unspecified atom stereocenters. The van der Waals surface area contributed by atoms with Gasteiger partial charge in [0, 0.05) is 43.6 Å². The second kappa shape index (κ2) is 3.64. The van der Waals surface area contributed by atoms with Crippen LogP contribution in [0.3, 0.4) is 0 Å². The van der Waals surface area contributed by atoms with Crippen LogP contribution in [0.1, 0.15) is 0 Å². The summed E-state index contributed by atoms with van der Waals surface area (Å²) in [5, 5.41) is 3.89. The Labute approximate surface area is 119 Å². The Balaban J connectivity index is 2.06. The van der Waals surface area contributed by atoms with E-state index in [-0.39, 0.29) is 5.82 Å².